The molecule has 134 valence electrons. The minimum absolute atomic E-state index is 0.0184. The first-order valence-electron chi connectivity index (χ1n) is 8.42. The van der Waals surface area contributed by atoms with Gasteiger partial charge >= 0.3 is 0 Å². The molecule has 1 aromatic carbocycles. The Morgan fingerprint density at radius 3 is 2.52 bits per heavy atom. The SMILES string of the molecule is Cn1ccc(CSc2nnc(-c3ccncc3)n2-c2ccccc2)cc1=O. The Labute approximate surface area is 160 Å². The lowest BCUT2D eigenvalue weighted by molar-refractivity contribution is 0.854. The summed E-state index contributed by atoms with van der Waals surface area (Å²) in [5.41, 5.74) is 2.87. The van der Waals surface area contributed by atoms with Crippen molar-refractivity contribution in [2.75, 3.05) is 0 Å². The van der Waals surface area contributed by atoms with E-state index in [4.69, 9.17) is 0 Å². The number of pyridine rings is 2. The van der Waals surface area contributed by atoms with Crippen LogP contribution in [0.3, 0.4) is 0 Å². The van der Waals surface area contributed by atoms with Gasteiger partial charge in [0.1, 0.15) is 0 Å². The maximum absolute atomic E-state index is 11.8. The van der Waals surface area contributed by atoms with Crippen molar-refractivity contribution in [3.05, 3.63) is 89.1 Å². The van der Waals surface area contributed by atoms with Gasteiger partial charge in [0.2, 0.25) is 0 Å². The standard InChI is InChI=1S/C20H17N5OS/c1-24-12-9-15(13-18(24)26)14-27-20-23-22-19(16-7-10-21-11-8-16)25(20)17-5-3-2-4-6-17/h2-13H,14H2,1H3. The van der Waals surface area contributed by atoms with E-state index in [9.17, 15) is 4.79 Å². The normalized spacial score (nSPS) is 10.9. The molecule has 0 amide bonds. The number of rotatable bonds is 5. The Hall–Kier alpha value is -3.19. The number of nitrogens with zero attached hydrogens (tertiary/aromatic N) is 5. The van der Waals surface area contributed by atoms with Crippen molar-refractivity contribution in [3.63, 3.8) is 0 Å². The number of hydrogen-bond acceptors (Lipinski definition) is 5. The summed E-state index contributed by atoms with van der Waals surface area (Å²) in [7, 11) is 1.74. The van der Waals surface area contributed by atoms with Crippen LogP contribution in [0.25, 0.3) is 17.1 Å². The van der Waals surface area contributed by atoms with E-state index in [1.807, 2.05) is 53.1 Å². The summed E-state index contributed by atoms with van der Waals surface area (Å²) in [6, 6.07) is 17.4. The Morgan fingerprint density at radius 2 is 1.78 bits per heavy atom. The first-order chi connectivity index (χ1) is 13.2. The topological polar surface area (TPSA) is 65.6 Å². The molecule has 7 heteroatoms. The van der Waals surface area contributed by atoms with Crippen LogP contribution in [-0.4, -0.2) is 24.3 Å². The van der Waals surface area contributed by atoms with E-state index in [0.29, 0.717) is 5.75 Å². The van der Waals surface area contributed by atoms with Crippen LogP contribution in [0.5, 0.6) is 0 Å². The Kier molecular flexibility index (Phi) is 4.84. The van der Waals surface area contributed by atoms with Crippen molar-refractivity contribution in [1.29, 1.82) is 0 Å². The highest BCUT2D eigenvalue weighted by atomic mass is 32.2. The Morgan fingerprint density at radius 1 is 1.00 bits per heavy atom. The Balaban J connectivity index is 1.71. The second-order valence-electron chi connectivity index (χ2n) is 5.99. The highest BCUT2D eigenvalue weighted by molar-refractivity contribution is 7.98. The van der Waals surface area contributed by atoms with Crippen LogP contribution in [0.1, 0.15) is 5.56 Å². The van der Waals surface area contributed by atoms with E-state index in [-0.39, 0.29) is 5.56 Å². The van der Waals surface area contributed by atoms with Gasteiger partial charge in [-0.15, -0.1) is 10.2 Å². The van der Waals surface area contributed by atoms with Crippen molar-refractivity contribution in [1.82, 2.24) is 24.3 Å². The van der Waals surface area contributed by atoms with Gasteiger partial charge in [-0.3, -0.25) is 14.3 Å². The predicted molar refractivity (Wildman–Crippen MR) is 106 cm³/mol. The van der Waals surface area contributed by atoms with Gasteiger partial charge in [-0.2, -0.15) is 0 Å². The molecule has 0 radical (unpaired) electrons. The smallest absolute Gasteiger partial charge is 0.250 e. The van der Waals surface area contributed by atoms with E-state index >= 15 is 0 Å². The highest BCUT2D eigenvalue weighted by Crippen LogP contribution is 2.29. The monoisotopic (exact) mass is 375 g/mol. The number of thioether (sulfide) groups is 1. The van der Waals surface area contributed by atoms with Crippen LogP contribution in [0, 0.1) is 0 Å². The summed E-state index contributed by atoms with van der Waals surface area (Å²) < 4.78 is 3.59. The molecule has 0 atom stereocenters. The van der Waals surface area contributed by atoms with E-state index in [2.05, 4.69) is 15.2 Å². The molecule has 0 saturated carbocycles. The lowest BCUT2D eigenvalue weighted by Gasteiger charge is -2.10. The fourth-order valence-electron chi connectivity index (χ4n) is 2.69. The summed E-state index contributed by atoms with van der Waals surface area (Å²) in [5, 5.41) is 9.57. The third-order valence-electron chi connectivity index (χ3n) is 4.12. The Bertz CT molecular complexity index is 1110. The maximum Gasteiger partial charge on any atom is 0.250 e. The molecule has 0 spiro atoms. The van der Waals surface area contributed by atoms with Crippen LogP contribution in [0.2, 0.25) is 0 Å². The molecular formula is C20H17N5OS. The number of aryl methyl sites for hydroxylation is 1. The summed E-state index contributed by atoms with van der Waals surface area (Å²) >= 11 is 1.55. The van der Waals surface area contributed by atoms with Gasteiger partial charge in [0.25, 0.3) is 5.56 Å². The van der Waals surface area contributed by atoms with Crippen molar-refractivity contribution < 1.29 is 0 Å². The molecule has 4 rings (SSSR count). The molecule has 3 aromatic heterocycles. The average Bonchev–Trinajstić information content (AvgIpc) is 3.14. The second-order valence-corrected chi connectivity index (χ2v) is 6.93. The zero-order chi connectivity index (χ0) is 18.6. The van der Waals surface area contributed by atoms with Crippen LogP contribution in [0.15, 0.2) is 83.1 Å². The second kappa shape index (κ2) is 7.59. The molecule has 27 heavy (non-hydrogen) atoms. The summed E-state index contributed by atoms with van der Waals surface area (Å²) in [5.74, 6) is 1.40. The lowest BCUT2D eigenvalue weighted by atomic mass is 10.2. The molecule has 6 nitrogen and oxygen atoms in total. The van der Waals surface area contributed by atoms with Crippen LogP contribution in [-0.2, 0) is 12.8 Å². The third-order valence-corrected chi connectivity index (χ3v) is 5.12. The van der Waals surface area contributed by atoms with E-state index in [0.717, 1.165) is 27.8 Å². The molecule has 0 aliphatic heterocycles. The van der Waals surface area contributed by atoms with Gasteiger partial charge in [-0.1, -0.05) is 30.0 Å². The average molecular weight is 375 g/mol. The molecule has 0 aliphatic carbocycles. The molecule has 0 bridgehead atoms. The van der Waals surface area contributed by atoms with Crippen molar-refractivity contribution in [2.24, 2.45) is 7.05 Å². The lowest BCUT2D eigenvalue weighted by Crippen LogP contribution is -2.14. The number of aromatic nitrogens is 5. The van der Waals surface area contributed by atoms with Crippen molar-refractivity contribution in [2.45, 2.75) is 10.9 Å². The number of para-hydroxylation sites is 1. The fourth-order valence-corrected chi connectivity index (χ4v) is 3.58. The minimum Gasteiger partial charge on any atom is -0.319 e. The molecule has 0 N–H and O–H groups in total. The van der Waals surface area contributed by atoms with E-state index < -0.39 is 0 Å². The van der Waals surface area contributed by atoms with Gasteiger partial charge in [0, 0.05) is 48.7 Å². The van der Waals surface area contributed by atoms with Gasteiger partial charge in [0.15, 0.2) is 11.0 Å². The highest BCUT2D eigenvalue weighted by Gasteiger charge is 2.16. The van der Waals surface area contributed by atoms with Gasteiger partial charge in [0.05, 0.1) is 0 Å². The molecular weight excluding hydrogens is 358 g/mol. The molecule has 0 fully saturated rings. The maximum atomic E-state index is 11.8. The van der Waals surface area contributed by atoms with E-state index in [1.165, 1.54) is 0 Å². The fraction of sp³-hybridized carbons (Fsp3) is 0.100. The first-order valence-corrected chi connectivity index (χ1v) is 9.40. The largest absolute Gasteiger partial charge is 0.319 e. The van der Waals surface area contributed by atoms with Gasteiger partial charge in [-0.25, -0.2) is 0 Å². The minimum atomic E-state index is -0.0184. The molecule has 3 heterocycles. The van der Waals surface area contributed by atoms with Crippen LogP contribution in [0.4, 0.5) is 0 Å². The third kappa shape index (κ3) is 3.68. The van der Waals surface area contributed by atoms with Gasteiger partial charge in [-0.05, 0) is 35.9 Å². The summed E-state index contributed by atoms with van der Waals surface area (Å²) in [4.78, 5) is 15.9. The summed E-state index contributed by atoms with van der Waals surface area (Å²) in [6.45, 7) is 0. The molecule has 0 saturated heterocycles. The molecule has 0 unspecified atom stereocenters. The zero-order valence-corrected chi connectivity index (χ0v) is 15.5. The quantitative estimate of drug-likeness (QED) is 0.501. The van der Waals surface area contributed by atoms with Crippen molar-refractivity contribution >= 4 is 11.8 Å². The summed E-state index contributed by atoms with van der Waals surface area (Å²) in [6.07, 6.45) is 5.26. The van der Waals surface area contributed by atoms with Crippen molar-refractivity contribution in [3.8, 4) is 17.1 Å². The predicted octanol–water partition coefficient (Wildman–Crippen LogP) is 3.32. The first kappa shape index (κ1) is 17.2. The molecule has 0 aliphatic rings. The molecule has 4 aromatic rings. The number of benzene rings is 1. The van der Waals surface area contributed by atoms with Crippen LogP contribution >= 0.6 is 11.8 Å². The zero-order valence-electron chi connectivity index (χ0n) is 14.7. The number of hydrogen-bond donors (Lipinski definition) is 0. The van der Waals surface area contributed by atoms with Crippen LogP contribution < -0.4 is 5.56 Å². The van der Waals surface area contributed by atoms with Gasteiger partial charge < -0.3 is 4.57 Å². The van der Waals surface area contributed by atoms with E-state index in [1.54, 1.807) is 48.0 Å².